The Labute approximate surface area is 234 Å². The van der Waals surface area contributed by atoms with Crippen LogP contribution in [0.1, 0.15) is 106 Å². The van der Waals surface area contributed by atoms with E-state index < -0.39 is 0 Å². The summed E-state index contributed by atoms with van der Waals surface area (Å²) < 4.78 is 13.8. The Morgan fingerprint density at radius 1 is 0.947 bits per heavy atom. The molecule has 4 heteroatoms. The third-order valence-corrected chi connectivity index (χ3v) is 5.22. The van der Waals surface area contributed by atoms with Crippen molar-refractivity contribution in [3.8, 4) is 0 Å². The van der Waals surface area contributed by atoms with E-state index in [1.807, 2.05) is 98.0 Å². The molecule has 0 fully saturated rings. The van der Waals surface area contributed by atoms with Gasteiger partial charge in [-0.2, -0.15) is 0 Å². The molecule has 0 aliphatic rings. The largest absolute Gasteiger partial charge is 0.338 e. The molecule has 1 N–H and O–H groups in total. The topological polar surface area (TPSA) is 37.3 Å². The summed E-state index contributed by atoms with van der Waals surface area (Å²) >= 11 is 0. The van der Waals surface area contributed by atoms with Crippen molar-refractivity contribution in [1.82, 2.24) is 4.98 Å². The second-order valence-electron chi connectivity index (χ2n) is 8.93. The van der Waals surface area contributed by atoms with E-state index in [1.165, 1.54) is 31.7 Å². The van der Waals surface area contributed by atoms with Gasteiger partial charge in [-0.3, -0.25) is 4.99 Å². The highest BCUT2D eigenvalue weighted by Crippen LogP contribution is 2.21. The summed E-state index contributed by atoms with van der Waals surface area (Å²) in [6.45, 7) is 26.4. The Balaban J connectivity index is 0. The lowest BCUT2D eigenvalue weighted by molar-refractivity contribution is 0.480. The Kier molecular flexibility index (Phi) is 22.6. The van der Waals surface area contributed by atoms with Gasteiger partial charge >= 0.3 is 0 Å². The third kappa shape index (κ3) is 17.4. The smallest absolute Gasteiger partial charge is 0.166 e. The van der Waals surface area contributed by atoms with E-state index in [2.05, 4.69) is 42.6 Å². The van der Waals surface area contributed by atoms with Gasteiger partial charge in [-0.1, -0.05) is 105 Å². The fourth-order valence-electron chi connectivity index (χ4n) is 3.29. The van der Waals surface area contributed by atoms with Crippen LogP contribution in [0.25, 0.3) is 5.57 Å². The van der Waals surface area contributed by atoms with Gasteiger partial charge in [0.05, 0.1) is 0 Å². The van der Waals surface area contributed by atoms with E-state index in [0.29, 0.717) is 0 Å². The molecule has 0 radical (unpaired) electrons. The molecular weight excluding hydrogens is 469 g/mol. The minimum absolute atomic E-state index is 0.231. The molecule has 0 aliphatic carbocycles. The fourth-order valence-corrected chi connectivity index (χ4v) is 3.29. The maximum atomic E-state index is 13.8. The lowest BCUT2D eigenvalue weighted by atomic mass is 10.0. The molecule has 0 bridgehead atoms. The minimum Gasteiger partial charge on any atom is -0.338 e. The SMILES string of the molecule is C=C(C)\C=C/C(C)=N/C=C(\C)c1ccc(Nc2nc(C)ccc2F)cc1.CC.CC.CCCC(C)CCC. The maximum absolute atomic E-state index is 13.8. The summed E-state index contributed by atoms with van der Waals surface area (Å²) in [4.78, 5) is 8.61. The van der Waals surface area contributed by atoms with Crippen molar-refractivity contribution in [2.45, 2.75) is 102 Å². The van der Waals surface area contributed by atoms with Crippen molar-refractivity contribution in [1.29, 1.82) is 0 Å². The molecule has 1 heterocycles. The van der Waals surface area contributed by atoms with E-state index in [9.17, 15) is 4.39 Å². The Hall–Kier alpha value is -3.01. The van der Waals surface area contributed by atoms with Crippen LogP contribution in [0.15, 0.2) is 71.9 Å². The van der Waals surface area contributed by atoms with Crippen LogP contribution in [0.3, 0.4) is 0 Å². The number of pyridine rings is 1. The Morgan fingerprint density at radius 2 is 1.50 bits per heavy atom. The van der Waals surface area contributed by atoms with Gasteiger partial charge < -0.3 is 5.32 Å². The van der Waals surface area contributed by atoms with E-state index >= 15 is 0 Å². The molecule has 0 atom stereocenters. The lowest BCUT2D eigenvalue weighted by Crippen LogP contribution is -1.98. The molecule has 0 amide bonds. The van der Waals surface area contributed by atoms with Crippen molar-refractivity contribution in [2.75, 3.05) is 5.32 Å². The first-order valence-corrected chi connectivity index (χ1v) is 14.2. The molecule has 0 aliphatic heterocycles. The van der Waals surface area contributed by atoms with Crippen molar-refractivity contribution >= 4 is 22.8 Å². The van der Waals surface area contributed by atoms with Crippen LogP contribution in [-0.2, 0) is 0 Å². The molecule has 1 aromatic carbocycles. The van der Waals surface area contributed by atoms with Gasteiger partial charge in [0.2, 0.25) is 0 Å². The number of nitrogens with one attached hydrogen (secondary N) is 1. The average Bonchev–Trinajstić information content (AvgIpc) is 2.91. The molecule has 2 aromatic rings. The summed E-state index contributed by atoms with van der Waals surface area (Å²) in [5.74, 6) is 0.822. The van der Waals surface area contributed by atoms with Crippen LogP contribution in [0, 0.1) is 18.7 Å². The molecule has 0 spiro atoms. The molecule has 3 nitrogen and oxygen atoms in total. The van der Waals surface area contributed by atoms with Gasteiger partial charge in [0.1, 0.15) is 0 Å². The number of hydrogen-bond acceptors (Lipinski definition) is 3. The lowest BCUT2D eigenvalue weighted by Gasteiger charge is -2.08. The first-order valence-electron chi connectivity index (χ1n) is 14.2. The van der Waals surface area contributed by atoms with Crippen LogP contribution >= 0.6 is 0 Å². The number of nitrogens with zero attached hydrogens (tertiary/aromatic N) is 2. The monoisotopic (exact) mass is 523 g/mol. The number of aliphatic imine (C=N–C) groups is 1. The number of hydrogen-bond donors (Lipinski definition) is 1. The molecule has 0 saturated heterocycles. The number of benzene rings is 1. The Morgan fingerprint density at radius 3 is 2.00 bits per heavy atom. The first kappa shape index (κ1) is 37.1. The van der Waals surface area contributed by atoms with Gasteiger partial charge in [-0.15, -0.1) is 0 Å². The second-order valence-corrected chi connectivity index (χ2v) is 8.93. The zero-order chi connectivity index (χ0) is 29.5. The van der Waals surface area contributed by atoms with Gasteiger partial charge in [-0.25, -0.2) is 9.37 Å². The quantitative estimate of drug-likeness (QED) is 0.248. The van der Waals surface area contributed by atoms with Crippen LogP contribution in [0.4, 0.5) is 15.9 Å². The number of aromatic nitrogens is 1. The maximum Gasteiger partial charge on any atom is 0.166 e. The minimum atomic E-state index is -0.372. The highest BCUT2D eigenvalue weighted by atomic mass is 19.1. The van der Waals surface area contributed by atoms with E-state index in [1.54, 1.807) is 6.07 Å². The number of allylic oxidation sites excluding steroid dienone is 4. The molecule has 2 rings (SSSR count). The van der Waals surface area contributed by atoms with Gasteiger partial charge in [-0.05, 0) is 75.1 Å². The summed E-state index contributed by atoms with van der Waals surface area (Å²) in [5.41, 5.74) is 5.53. The summed E-state index contributed by atoms with van der Waals surface area (Å²) in [7, 11) is 0. The first-order chi connectivity index (χ1) is 18.2. The molecule has 0 unspecified atom stereocenters. The number of rotatable bonds is 10. The second kappa shape index (κ2) is 23.1. The molecule has 212 valence electrons. The van der Waals surface area contributed by atoms with Gasteiger partial charge in [0.15, 0.2) is 11.6 Å². The highest BCUT2D eigenvalue weighted by molar-refractivity contribution is 5.94. The fraction of sp³-hybridized carbons (Fsp3) is 0.471. The predicted octanol–water partition coefficient (Wildman–Crippen LogP) is 11.5. The Bertz CT molecular complexity index is 979. The van der Waals surface area contributed by atoms with E-state index in [-0.39, 0.29) is 11.6 Å². The zero-order valence-corrected chi connectivity index (χ0v) is 26.1. The van der Waals surface area contributed by atoms with Gasteiger partial charge in [0.25, 0.3) is 0 Å². The van der Waals surface area contributed by atoms with Crippen molar-refractivity contribution in [3.05, 3.63) is 84.0 Å². The standard InChI is InChI=1S/C22H24FN3.C8H18.2C2H6/c1-15(2)6-7-17(4)24-14-16(3)19-9-11-20(12-10-19)26-22-21(23)13-8-18(5)25-22;1-4-6-8(3)7-5-2;2*1-2/h6-14H,1H2,2-5H3,(H,25,26);8H,4-7H2,1-3H3;2*1-2H3/b7-6-,16-14+,24-17+;;;. The molecule has 38 heavy (non-hydrogen) atoms. The summed E-state index contributed by atoms with van der Waals surface area (Å²) in [5, 5.41) is 3.01. The summed E-state index contributed by atoms with van der Waals surface area (Å²) in [6.07, 6.45) is 11.2. The van der Waals surface area contributed by atoms with E-state index in [4.69, 9.17) is 0 Å². The van der Waals surface area contributed by atoms with Crippen molar-refractivity contribution in [2.24, 2.45) is 10.9 Å². The molecule has 1 aromatic heterocycles. The summed E-state index contributed by atoms with van der Waals surface area (Å²) in [6, 6.07) is 10.8. The number of halogens is 1. The third-order valence-electron chi connectivity index (χ3n) is 5.22. The van der Waals surface area contributed by atoms with Crippen LogP contribution in [-0.4, -0.2) is 10.7 Å². The van der Waals surface area contributed by atoms with E-state index in [0.717, 1.165) is 39.7 Å². The zero-order valence-electron chi connectivity index (χ0n) is 26.1. The van der Waals surface area contributed by atoms with Crippen LogP contribution in [0.2, 0.25) is 0 Å². The average molecular weight is 524 g/mol. The van der Waals surface area contributed by atoms with Gasteiger partial charge in [0, 0.05) is 23.3 Å². The normalized spacial score (nSPS) is 11.1. The highest BCUT2D eigenvalue weighted by Gasteiger charge is 2.05. The number of anilines is 2. The van der Waals surface area contributed by atoms with Crippen LogP contribution < -0.4 is 5.32 Å². The predicted molar refractivity (Wildman–Crippen MR) is 171 cm³/mol. The van der Waals surface area contributed by atoms with Crippen molar-refractivity contribution in [3.63, 3.8) is 0 Å². The molecule has 0 saturated carbocycles. The van der Waals surface area contributed by atoms with Crippen LogP contribution in [0.5, 0.6) is 0 Å². The molecular formula is C34H54FN3. The number of aryl methyl sites for hydroxylation is 1. The van der Waals surface area contributed by atoms with Crippen molar-refractivity contribution < 1.29 is 4.39 Å².